The zero-order chi connectivity index (χ0) is 18.6. The molecule has 0 heterocycles. The van der Waals surface area contributed by atoms with Gasteiger partial charge in [0.2, 0.25) is 0 Å². The molecular weight excluding hydrogens is 337 g/mol. The van der Waals surface area contributed by atoms with E-state index in [1.807, 2.05) is 0 Å². The highest BCUT2D eigenvalue weighted by Gasteiger charge is 2.33. The van der Waals surface area contributed by atoms with Gasteiger partial charge in [-0.1, -0.05) is 24.3 Å². The number of hydrogen-bond donors (Lipinski definition) is 1. The molecule has 0 radical (unpaired) electrons. The maximum absolute atomic E-state index is 12.7. The van der Waals surface area contributed by atoms with Gasteiger partial charge in [-0.25, -0.2) is 0 Å². The van der Waals surface area contributed by atoms with Gasteiger partial charge in [0.1, 0.15) is 11.7 Å². The zero-order valence-corrected chi connectivity index (χ0v) is 13.6. The Balaban J connectivity index is 2.39. The molecule has 0 saturated carbocycles. The number of benzene rings is 2. The molecule has 0 saturated heterocycles. The number of alkyl halides is 3. The monoisotopic (exact) mass is 354 g/mol. The number of carbonyl (C=O) groups excluding carboxylic acids is 1. The van der Waals surface area contributed by atoms with E-state index in [1.54, 1.807) is 24.3 Å². The summed E-state index contributed by atoms with van der Waals surface area (Å²) in [5, 5.41) is 10.6. The Labute approximate surface area is 142 Å². The van der Waals surface area contributed by atoms with Crippen molar-refractivity contribution in [3.05, 3.63) is 65.2 Å². The first-order valence-corrected chi connectivity index (χ1v) is 7.35. The molecule has 2 aromatic rings. The SMILES string of the molecule is COC(=O)[C@@H](c1cccc(OC)c1)[C@H](O)c1ccc(C(F)(F)F)cc1. The Hall–Kier alpha value is -2.54. The molecule has 0 unspecified atom stereocenters. The summed E-state index contributed by atoms with van der Waals surface area (Å²) in [7, 11) is 2.63. The van der Waals surface area contributed by atoms with E-state index in [9.17, 15) is 23.1 Å². The van der Waals surface area contributed by atoms with E-state index in [1.165, 1.54) is 14.2 Å². The molecule has 7 heteroatoms. The van der Waals surface area contributed by atoms with Crippen molar-refractivity contribution in [3.8, 4) is 5.75 Å². The summed E-state index contributed by atoms with van der Waals surface area (Å²) in [6, 6.07) is 10.5. The van der Waals surface area contributed by atoms with Crippen LogP contribution in [0.1, 0.15) is 28.7 Å². The number of ether oxygens (including phenoxy) is 2. The summed E-state index contributed by atoms with van der Waals surface area (Å²) in [4.78, 5) is 12.1. The summed E-state index contributed by atoms with van der Waals surface area (Å²) < 4.78 is 47.8. The second kappa shape index (κ2) is 7.57. The molecule has 0 amide bonds. The van der Waals surface area contributed by atoms with Gasteiger partial charge in [0.15, 0.2) is 0 Å². The summed E-state index contributed by atoms with van der Waals surface area (Å²) in [6.07, 6.45) is -5.85. The maximum atomic E-state index is 12.7. The Bertz CT molecular complexity index is 726. The first-order valence-electron chi connectivity index (χ1n) is 7.35. The Kier molecular flexibility index (Phi) is 5.69. The van der Waals surface area contributed by atoms with Crippen molar-refractivity contribution < 1.29 is 32.5 Å². The van der Waals surface area contributed by atoms with Gasteiger partial charge >= 0.3 is 12.1 Å². The van der Waals surface area contributed by atoms with Crippen LogP contribution >= 0.6 is 0 Å². The highest BCUT2D eigenvalue weighted by Crippen LogP contribution is 2.35. The molecule has 2 aromatic carbocycles. The summed E-state index contributed by atoms with van der Waals surface area (Å²) >= 11 is 0. The second-order valence-electron chi connectivity index (χ2n) is 5.34. The smallest absolute Gasteiger partial charge is 0.416 e. The van der Waals surface area contributed by atoms with E-state index in [4.69, 9.17) is 9.47 Å². The van der Waals surface area contributed by atoms with Gasteiger partial charge in [-0.15, -0.1) is 0 Å². The van der Waals surface area contributed by atoms with Crippen LogP contribution < -0.4 is 4.74 Å². The molecule has 0 aliphatic carbocycles. The van der Waals surface area contributed by atoms with Crippen molar-refractivity contribution in [2.24, 2.45) is 0 Å². The van der Waals surface area contributed by atoms with Crippen LogP contribution in [0.4, 0.5) is 13.2 Å². The van der Waals surface area contributed by atoms with Crippen molar-refractivity contribution in [1.29, 1.82) is 0 Å². The molecule has 0 aliphatic rings. The van der Waals surface area contributed by atoms with Crippen LogP contribution in [-0.4, -0.2) is 25.3 Å². The normalized spacial score (nSPS) is 13.8. The quantitative estimate of drug-likeness (QED) is 0.832. The number of carbonyl (C=O) groups is 1. The number of hydrogen-bond acceptors (Lipinski definition) is 4. The first-order chi connectivity index (χ1) is 11.8. The van der Waals surface area contributed by atoms with Gasteiger partial charge in [-0.3, -0.25) is 4.79 Å². The van der Waals surface area contributed by atoms with Crippen molar-refractivity contribution in [2.45, 2.75) is 18.2 Å². The standard InChI is InChI=1S/C18H17F3O4/c1-24-14-5-3-4-12(10-14)15(17(23)25-2)16(22)11-6-8-13(9-7-11)18(19,20)21/h3-10,15-16,22H,1-2H3/t15-,16+/m0/s1. The van der Waals surface area contributed by atoms with Crippen LogP contribution in [0.3, 0.4) is 0 Å². The van der Waals surface area contributed by atoms with Gasteiger partial charge in [0.25, 0.3) is 0 Å². The molecule has 25 heavy (non-hydrogen) atoms. The van der Waals surface area contributed by atoms with Gasteiger partial charge in [0, 0.05) is 0 Å². The molecule has 0 fully saturated rings. The number of methoxy groups -OCH3 is 2. The fraction of sp³-hybridized carbons (Fsp3) is 0.278. The highest BCUT2D eigenvalue weighted by molar-refractivity contribution is 5.79. The number of aliphatic hydroxyl groups is 1. The van der Waals surface area contributed by atoms with E-state index >= 15 is 0 Å². The third-order valence-corrected chi connectivity index (χ3v) is 3.80. The van der Waals surface area contributed by atoms with Gasteiger partial charge in [-0.05, 0) is 35.4 Å². The van der Waals surface area contributed by atoms with E-state index in [2.05, 4.69) is 0 Å². The molecular formula is C18H17F3O4. The Morgan fingerprint density at radius 1 is 1.04 bits per heavy atom. The molecule has 0 bridgehead atoms. The summed E-state index contributed by atoms with van der Waals surface area (Å²) in [5.74, 6) is -1.33. The Morgan fingerprint density at radius 3 is 2.20 bits per heavy atom. The van der Waals surface area contributed by atoms with Crippen LogP contribution in [-0.2, 0) is 15.7 Å². The number of rotatable bonds is 5. The van der Waals surface area contributed by atoms with E-state index in [0.29, 0.717) is 11.3 Å². The van der Waals surface area contributed by atoms with Crippen LogP contribution in [0.25, 0.3) is 0 Å². The predicted octanol–water partition coefficient (Wildman–Crippen LogP) is 3.70. The number of aliphatic hydroxyl groups excluding tert-OH is 1. The molecule has 134 valence electrons. The zero-order valence-electron chi connectivity index (χ0n) is 13.6. The van der Waals surface area contributed by atoms with Crippen LogP contribution in [0.15, 0.2) is 48.5 Å². The minimum atomic E-state index is -4.47. The summed E-state index contributed by atoms with van der Waals surface area (Å²) in [5.41, 5.74) is -0.232. The van der Waals surface area contributed by atoms with Crippen molar-refractivity contribution >= 4 is 5.97 Å². The second-order valence-corrected chi connectivity index (χ2v) is 5.34. The van der Waals surface area contributed by atoms with E-state index in [0.717, 1.165) is 24.3 Å². The average Bonchev–Trinajstić information content (AvgIpc) is 2.61. The lowest BCUT2D eigenvalue weighted by molar-refractivity contribution is -0.145. The molecule has 4 nitrogen and oxygen atoms in total. The minimum absolute atomic E-state index is 0.172. The van der Waals surface area contributed by atoms with E-state index in [-0.39, 0.29) is 5.56 Å². The lowest BCUT2D eigenvalue weighted by Gasteiger charge is -2.22. The first kappa shape index (κ1) is 18.8. The van der Waals surface area contributed by atoms with Gasteiger partial charge < -0.3 is 14.6 Å². The largest absolute Gasteiger partial charge is 0.497 e. The molecule has 2 atom stereocenters. The third kappa shape index (κ3) is 4.30. The third-order valence-electron chi connectivity index (χ3n) is 3.80. The molecule has 2 rings (SSSR count). The Morgan fingerprint density at radius 2 is 1.68 bits per heavy atom. The van der Waals surface area contributed by atoms with Crippen LogP contribution in [0, 0.1) is 0 Å². The summed E-state index contributed by atoms with van der Waals surface area (Å²) in [6.45, 7) is 0. The van der Waals surface area contributed by atoms with E-state index < -0.39 is 29.7 Å². The van der Waals surface area contributed by atoms with Crippen LogP contribution in [0.2, 0.25) is 0 Å². The number of halogens is 3. The van der Waals surface area contributed by atoms with Crippen molar-refractivity contribution in [1.82, 2.24) is 0 Å². The fourth-order valence-electron chi connectivity index (χ4n) is 2.47. The van der Waals surface area contributed by atoms with Crippen molar-refractivity contribution in [3.63, 3.8) is 0 Å². The van der Waals surface area contributed by atoms with Crippen LogP contribution in [0.5, 0.6) is 5.75 Å². The lowest BCUT2D eigenvalue weighted by atomic mass is 9.88. The molecule has 0 spiro atoms. The maximum Gasteiger partial charge on any atom is 0.416 e. The fourth-order valence-corrected chi connectivity index (χ4v) is 2.47. The molecule has 0 aliphatic heterocycles. The topological polar surface area (TPSA) is 55.8 Å². The van der Waals surface area contributed by atoms with Gasteiger partial charge in [-0.2, -0.15) is 13.2 Å². The van der Waals surface area contributed by atoms with Crippen molar-refractivity contribution in [2.75, 3.05) is 14.2 Å². The molecule has 1 N–H and O–H groups in total. The number of esters is 1. The lowest BCUT2D eigenvalue weighted by Crippen LogP contribution is -2.22. The van der Waals surface area contributed by atoms with Gasteiger partial charge in [0.05, 0.1) is 25.9 Å². The average molecular weight is 354 g/mol. The highest BCUT2D eigenvalue weighted by atomic mass is 19.4. The predicted molar refractivity (Wildman–Crippen MR) is 84.2 cm³/mol. The minimum Gasteiger partial charge on any atom is -0.497 e. The molecule has 0 aromatic heterocycles.